The second kappa shape index (κ2) is 10.5. The Bertz CT molecular complexity index is 1920. The number of nitrogens with zero attached hydrogens (tertiary/aromatic N) is 4. The van der Waals surface area contributed by atoms with Crippen LogP contribution in [0.25, 0.3) is 11.0 Å². The Balaban J connectivity index is 1.38. The number of rotatable bonds is 7. The van der Waals surface area contributed by atoms with Crippen molar-refractivity contribution in [3.05, 3.63) is 102 Å². The lowest BCUT2D eigenvalue weighted by Crippen LogP contribution is -2.41. The highest BCUT2D eigenvalue weighted by Crippen LogP contribution is 2.37. The normalized spacial score (nSPS) is 16.1. The van der Waals surface area contributed by atoms with Gasteiger partial charge >= 0.3 is 7.12 Å². The summed E-state index contributed by atoms with van der Waals surface area (Å²) in [5, 5.41) is 7.64. The van der Waals surface area contributed by atoms with Gasteiger partial charge in [0.05, 0.1) is 40.1 Å². The SMILES string of the molecule is Cc1ccc(S(=O)(=O)n2cc(NC(=O)c3cnn(Cc4ccccc4)c3)c3cc(B4OC(C)(C)C(C)(C)O4)cnc32)cc1. The van der Waals surface area contributed by atoms with Gasteiger partial charge in [0.15, 0.2) is 5.65 Å². The molecule has 10 nitrogen and oxygen atoms in total. The summed E-state index contributed by atoms with van der Waals surface area (Å²) in [6.45, 7) is 10.2. The zero-order chi connectivity index (χ0) is 30.6. The van der Waals surface area contributed by atoms with E-state index in [9.17, 15) is 13.2 Å². The first-order valence-corrected chi connectivity index (χ1v) is 15.3. The molecule has 0 aliphatic carbocycles. The summed E-state index contributed by atoms with van der Waals surface area (Å²) >= 11 is 0. The van der Waals surface area contributed by atoms with Crippen molar-refractivity contribution in [1.82, 2.24) is 18.7 Å². The van der Waals surface area contributed by atoms with Crippen LogP contribution in [-0.2, 0) is 25.9 Å². The van der Waals surface area contributed by atoms with Crippen LogP contribution in [0.2, 0.25) is 0 Å². The molecule has 6 rings (SSSR count). The summed E-state index contributed by atoms with van der Waals surface area (Å²) in [4.78, 5) is 18.1. The summed E-state index contributed by atoms with van der Waals surface area (Å²) in [5.41, 5.74) is 2.18. The van der Waals surface area contributed by atoms with E-state index in [-0.39, 0.29) is 16.2 Å². The first-order valence-electron chi connectivity index (χ1n) is 13.9. The maximum Gasteiger partial charge on any atom is 0.496 e. The molecule has 12 heteroatoms. The lowest BCUT2D eigenvalue weighted by atomic mass is 9.80. The molecule has 1 N–H and O–H groups in total. The molecule has 1 amide bonds. The Morgan fingerprint density at radius 2 is 1.63 bits per heavy atom. The van der Waals surface area contributed by atoms with E-state index in [1.165, 1.54) is 12.4 Å². The average Bonchev–Trinajstić information content (AvgIpc) is 3.63. The molecule has 220 valence electrons. The topological polar surface area (TPSA) is 117 Å². The van der Waals surface area contributed by atoms with Gasteiger partial charge in [0.25, 0.3) is 15.9 Å². The lowest BCUT2D eigenvalue weighted by molar-refractivity contribution is 0.00578. The number of carbonyl (C=O) groups excluding carboxylic acids is 1. The van der Waals surface area contributed by atoms with Gasteiger partial charge in [-0.2, -0.15) is 5.10 Å². The van der Waals surface area contributed by atoms with Crippen molar-refractivity contribution < 1.29 is 22.5 Å². The van der Waals surface area contributed by atoms with E-state index in [0.717, 1.165) is 15.1 Å². The summed E-state index contributed by atoms with van der Waals surface area (Å²) < 4.78 is 42.7. The zero-order valence-electron chi connectivity index (χ0n) is 24.6. The van der Waals surface area contributed by atoms with E-state index in [2.05, 4.69) is 15.4 Å². The van der Waals surface area contributed by atoms with E-state index in [0.29, 0.717) is 23.0 Å². The van der Waals surface area contributed by atoms with Crippen molar-refractivity contribution >= 4 is 45.2 Å². The van der Waals surface area contributed by atoms with Gasteiger partial charge in [0, 0.05) is 29.4 Å². The Morgan fingerprint density at radius 3 is 2.30 bits per heavy atom. The molecule has 0 spiro atoms. The van der Waals surface area contributed by atoms with Gasteiger partial charge in [-0.15, -0.1) is 0 Å². The third-order valence-corrected chi connectivity index (χ3v) is 9.73. The highest BCUT2D eigenvalue weighted by Gasteiger charge is 2.52. The fourth-order valence-electron chi connectivity index (χ4n) is 4.84. The van der Waals surface area contributed by atoms with Crippen LogP contribution in [0.1, 0.15) is 49.2 Å². The molecule has 5 aromatic rings. The monoisotopic (exact) mass is 597 g/mol. The molecule has 0 saturated carbocycles. The quantitative estimate of drug-likeness (QED) is 0.277. The number of nitrogens with one attached hydrogen (secondary N) is 1. The van der Waals surface area contributed by atoms with Crippen molar-refractivity contribution in [1.29, 1.82) is 0 Å². The summed E-state index contributed by atoms with van der Waals surface area (Å²) in [5.74, 6) is -0.438. The molecule has 4 heterocycles. The minimum Gasteiger partial charge on any atom is -0.399 e. The van der Waals surface area contributed by atoms with Gasteiger partial charge < -0.3 is 14.6 Å². The largest absolute Gasteiger partial charge is 0.496 e. The lowest BCUT2D eigenvalue weighted by Gasteiger charge is -2.32. The van der Waals surface area contributed by atoms with Gasteiger partial charge in [0.2, 0.25) is 0 Å². The Hall–Kier alpha value is -4.26. The molecule has 3 aromatic heterocycles. The van der Waals surface area contributed by atoms with E-state index < -0.39 is 34.3 Å². The van der Waals surface area contributed by atoms with Gasteiger partial charge in [-0.25, -0.2) is 17.4 Å². The number of hydrogen-bond donors (Lipinski definition) is 1. The number of aromatic nitrogens is 4. The Kier molecular flexibility index (Phi) is 7.03. The molecular weight excluding hydrogens is 565 g/mol. The second-order valence-electron chi connectivity index (χ2n) is 11.8. The van der Waals surface area contributed by atoms with E-state index >= 15 is 0 Å². The molecule has 0 radical (unpaired) electrons. The highest BCUT2D eigenvalue weighted by atomic mass is 32.2. The Morgan fingerprint density at radius 1 is 0.953 bits per heavy atom. The number of amides is 1. The highest BCUT2D eigenvalue weighted by molar-refractivity contribution is 7.90. The van der Waals surface area contributed by atoms with Crippen LogP contribution in [0.3, 0.4) is 0 Å². The molecule has 0 atom stereocenters. The van der Waals surface area contributed by atoms with Crippen LogP contribution < -0.4 is 10.8 Å². The van der Waals surface area contributed by atoms with Crippen LogP contribution in [0.15, 0.2) is 90.3 Å². The minimum absolute atomic E-state index is 0.104. The van der Waals surface area contributed by atoms with Gasteiger partial charge in [-0.05, 0) is 58.4 Å². The number of carbonyl (C=O) groups is 1. The Labute approximate surface area is 250 Å². The second-order valence-corrected chi connectivity index (χ2v) is 13.6. The summed E-state index contributed by atoms with van der Waals surface area (Å²) in [6, 6.07) is 18.1. The predicted octanol–water partition coefficient (Wildman–Crippen LogP) is 4.38. The van der Waals surface area contributed by atoms with Gasteiger partial charge in [-0.3, -0.25) is 9.48 Å². The van der Waals surface area contributed by atoms with Crippen molar-refractivity contribution in [3.8, 4) is 0 Å². The molecular formula is C31H32BN5O5S. The number of aryl methyl sites for hydroxylation is 1. The van der Waals surface area contributed by atoms with E-state index in [1.807, 2.05) is 65.0 Å². The molecule has 0 bridgehead atoms. The number of benzene rings is 2. The van der Waals surface area contributed by atoms with Gasteiger partial charge in [0.1, 0.15) is 0 Å². The molecule has 0 unspecified atom stereocenters. The minimum atomic E-state index is -4.04. The molecule has 1 fully saturated rings. The first kappa shape index (κ1) is 28.8. The predicted molar refractivity (Wildman–Crippen MR) is 165 cm³/mol. The van der Waals surface area contributed by atoms with Crippen molar-refractivity contribution in [2.45, 2.75) is 57.3 Å². The summed E-state index contributed by atoms with van der Waals surface area (Å²) in [7, 11) is -4.76. The first-order chi connectivity index (χ1) is 20.3. The van der Waals surface area contributed by atoms with Crippen LogP contribution >= 0.6 is 0 Å². The molecule has 43 heavy (non-hydrogen) atoms. The third-order valence-electron chi connectivity index (χ3n) is 8.07. The number of anilines is 1. The van der Waals surface area contributed by atoms with Crippen molar-refractivity contribution in [2.24, 2.45) is 0 Å². The zero-order valence-corrected chi connectivity index (χ0v) is 25.4. The number of hydrogen-bond acceptors (Lipinski definition) is 7. The standard InChI is InChI=1S/C31H32BN5O5S/c1-21-11-13-25(14-12-21)43(39,40)37-20-27(35-29(38)23-16-34-36(19-23)18-22-9-7-6-8-10-22)26-15-24(17-33-28(26)37)32-41-30(2,3)31(4,5)42-32/h6-17,19-20H,18H2,1-5H3,(H,35,38). The average molecular weight is 598 g/mol. The maximum absolute atomic E-state index is 13.8. The van der Waals surface area contributed by atoms with E-state index in [1.54, 1.807) is 47.4 Å². The van der Waals surface area contributed by atoms with Crippen molar-refractivity contribution in [3.63, 3.8) is 0 Å². The molecule has 1 aliphatic heterocycles. The van der Waals surface area contributed by atoms with Crippen LogP contribution in [0, 0.1) is 6.92 Å². The van der Waals surface area contributed by atoms with Crippen LogP contribution in [0.4, 0.5) is 5.69 Å². The molecule has 1 saturated heterocycles. The van der Waals surface area contributed by atoms with Gasteiger partial charge in [-0.1, -0.05) is 48.0 Å². The van der Waals surface area contributed by atoms with Crippen LogP contribution in [0.5, 0.6) is 0 Å². The molecule has 1 aliphatic rings. The smallest absolute Gasteiger partial charge is 0.399 e. The molecule has 2 aromatic carbocycles. The maximum atomic E-state index is 13.8. The fraction of sp³-hybridized carbons (Fsp3) is 0.258. The number of fused-ring (bicyclic) bond motifs is 1. The number of pyridine rings is 1. The fourth-order valence-corrected chi connectivity index (χ4v) is 6.17. The van der Waals surface area contributed by atoms with E-state index in [4.69, 9.17) is 9.31 Å². The summed E-state index contributed by atoms with van der Waals surface area (Å²) in [6.07, 6.45) is 6.06. The third kappa shape index (κ3) is 5.37. The van der Waals surface area contributed by atoms with Crippen molar-refractivity contribution in [2.75, 3.05) is 5.32 Å². The van der Waals surface area contributed by atoms with Crippen LogP contribution in [-0.4, -0.2) is 51.4 Å².